The second-order valence-electron chi connectivity index (χ2n) is 9.38. The number of rotatable bonds is 0. The summed E-state index contributed by atoms with van der Waals surface area (Å²) in [6.45, 7) is 3.43. The van der Waals surface area contributed by atoms with Gasteiger partial charge in [-0.15, -0.1) is 0 Å². The molecular weight excluding hydrogens is 416 g/mol. The fourth-order valence-corrected chi connectivity index (χ4v) is 5.51. The Labute approximate surface area is 198 Å². The first-order chi connectivity index (χ1) is 16.8. The molecule has 4 heteroatoms. The molecule has 2 aliphatic rings. The van der Waals surface area contributed by atoms with Crippen molar-refractivity contribution < 1.29 is 9.13 Å². The Bertz CT molecular complexity index is 1490. The topological polar surface area (TPSA) is 17.6 Å². The fraction of sp³-hybridized carbons (Fsp3) is 0.133. The molecule has 0 aliphatic carbocycles. The van der Waals surface area contributed by atoms with E-state index in [2.05, 4.69) is 129 Å². The van der Waals surface area contributed by atoms with Crippen LogP contribution in [0.2, 0.25) is 0 Å². The lowest BCUT2D eigenvalue weighted by Crippen LogP contribution is -2.33. The van der Waals surface area contributed by atoms with Gasteiger partial charge < -0.3 is 0 Å². The predicted molar refractivity (Wildman–Crippen MR) is 134 cm³/mol. The van der Waals surface area contributed by atoms with Gasteiger partial charge in [0.15, 0.2) is 0 Å². The van der Waals surface area contributed by atoms with E-state index >= 15 is 0 Å². The number of benzene rings is 4. The van der Waals surface area contributed by atoms with Crippen LogP contribution < -0.4 is 9.13 Å². The Balaban J connectivity index is 1.49. The van der Waals surface area contributed by atoms with Gasteiger partial charge in [-0.05, 0) is 38.7 Å². The van der Waals surface area contributed by atoms with E-state index in [9.17, 15) is 0 Å². The van der Waals surface area contributed by atoms with Crippen LogP contribution >= 0.6 is 0 Å². The van der Waals surface area contributed by atoms with Gasteiger partial charge in [0.05, 0.1) is 0 Å². The molecule has 0 fully saturated rings. The molecule has 0 saturated carbocycles. The molecule has 8 rings (SSSR count). The molecule has 0 spiro atoms. The molecular formula is C30H26N4+2. The highest BCUT2D eigenvalue weighted by Gasteiger charge is 2.18. The van der Waals surface area contributed by atoms with Gasteiger partial charge in [0.1, 0.15) is 51.0 Å². The maximum absolute atomic E-state index is 2.33. The van der Waals surface area contributed by atoms with Crippen molar-refractivity contribution in [2.45, 2.75) is 26.2 Å². The highest BCUT2D eigenvalue weighted by atomic mass is 15.1. The van der Waals surface area contributed by atoms with Crippen LogP contribution in [-0.2, 0) is 26.2 Å². The minimum absolute atomic E-state index is 0.845. The van der Waals surface area contributed by atoms with E-state index in [-0.39, 0.29) is 0 Å². The molecule has 0 N–H and O–H groups in total. The summed E-state index contributed by atoms with van der Waals surface area (Å²) in [5.74, 6) is 0. The first-order valence-corrected chi connectivity index (χ1v) is 11.9. The molecule has 0 atom stereocenters. The number of nitrogens with zero attached hydrogens (tertiary/aromatic N) is 4. The molecule has 0 amide bonds. The van der Waals surface area contributed by atoms with Crippen LogP contribution in [0.4, 0.5) is 0 Å². The van der Waals surface area contributed by atoms with E-state index in [0.717, 1.165) is 26.2 Å². The first-order valence-electron chi connectivity index (χ1n) is 11.9. The largest absolute Gasteiger partial charge is 0.244 e. The molecule has 2 aromatic heterocycles. The highest BCUT2D eigenvalue weighted by molar-refractivity contribution is 6.05. The Morgan fingerprint density at radius 2 is 0.971 bits per heavy atom. The van der Waals surface area contributed by atoms with Gasteiger partial charge in [-0.25, -0.2) is 18.3 Å². The molecule has 4 heterocycles. The summed E-state index contributed by atoms with van der Waals surface area (Å²) >= 11 is 0. The Morgan fingerprint density at radius 3 is 1.41 bits per heavy atom. The van der Waals surface area contributed by atoms with Crippen molar-refractivity contribution in [1.29, 1.82) is 0 Å². The molecule has 164 valence electrons. The number of hydrogen-bond donors (Lipinski definition) is 0. The summed E-state index contributed by atoms with van der Waals surface area (Å²) in [6.07, 6.45) is 13.2. The van der Waals surface area contributed by atoms with E-state index in [1.807, 2.05) is 0 Å². The molecule has 0 radical (unpaired) electrons. The minimum atomic E-state index is 0.845. The van der Waals surface area contributed by atoms with Crippen LogP contribution in [0, 0.1) is 0 Å². The summed E-state index contributed by atoms with van der Waals surface area (Å²) in [4.78, 5) is 0. The zero-order chi connectivity index (χ0) is 22.5. The van der Waals surface area contributed by atoms with Crippen LogP contribution in [0.5, 0.6) is 0 Å². The van der Waals surface area contributed by atoms with Gasteiger partial charge in [0.25, 0.3) is 0 Å². The normalized spacial score (nSPS) is 13.4. The van der Waals surface area contributed by atoms with E-state index in [1.54, 1.807) is 0 Å². The highest BCUT2D eigenvalue weighted by Crippen LogP contribution is 2.34. The first kappa shape index (κ1) is 19.3. The van der Waals surface area contributed by atoms with Crippen molar-refractivity contribution in [3.8, 4) is 0 Å². The summed E-state index contributed by atoms with van der Waals surface area (Å²) in [7, 11) is 0. The van der Waals surface area contributed by atoms with Gasteiger partial charge in [-0.3, -0.25) is 0 Å². The van der Waals surface area contributed by atoms with Crippen molar-refractivity contribution in [2.24, 2.45) is 0 Å². The third-order valence-corrected chi connectivity index (χ3v) is 7.05. The average molecular weight is 443 g/mol. The molecule has 4 nitrogen and oxygen atoms in total. The second-order valence-corrected chi connectivity index (χ2v) is 9.38. The van der Waals surface area contributed by atoms with Gasteiger partial charge >= 0.3 is 0 Å². The summed E-state index contributed by atoms with van der Waals surface area (Å²) in [5, 5.41) is 5.36. The zero-order valence-electron chi connectivity index (χ0n) is 19.0. The van der Waals surface area contributed by atoms with Crippen LogP contribution in [0.15, 0.2) is 110 Å². The molecule has 8 bridgehead atoms. The van der Waals surface area contributed by atoms with Crippen molar-refractivity contribution in [1.82, 2.24) is 9.13 Å². The maximum Gasteiger partial charge on any atom is 0.244 e. The van der Waals surface area contributed by atoms with Crippen LogP contribution in [0.3, 0.4) is 0 Å². The van der Waals surface area contributed by atoms with Crippen molar-refractivity contribution in [2.75, 3.05) is 0 Å². The maximum atomic E-state index is 2.33. The lowest BCUT2D eigenvalue weighted by Gasteiger charge is -2.15. The van der Waals surface area contributed by atoms with Gasteiger partial charge in [-0.2, -0.15) is 0 Å². The van der Waals surface area contributed by atoms with E-state index in [0.29, 0.717) is 0 Å². The Hall–Kier alpha value is -4.18. The summed E-state index contributed by atoms with van der Waals surface area (Å²) in [6, 6.07) is 26.7. The minimum Gasteiger partial charge on any atom is -0.233 e. The van der Waals surface area contributed by atoms with Crippen molar-refractivity contribution in [3.05, 3.63) is 132 Å². The van der Waals surface area contributed by atoms with E-state index in [4.69, 9.17) is 0 Å². The summed E-state index contributed by atoms with van der Waals surface area (Å²) < 4.78 is 9.17. The number of aromatic nitrogens is 4. The SMILES string of the molecule is c1cc2cc(c1)C[n+]1ccn(c1)Cc1c3ccccc3c(c3ccccc13)Cn1cc[n+](c1)C2. The fourth-order valence-electron chi connectivity index (χ4n) is 5.51. The van der Waals surface area contributed by atoms with Crippen LogP contribution in [0.1, 0.15) is 22.3 Å². The van der Waals surface area contributed by atoms with Gasteiger partial charge in [0.2, 0.25) is 12.7 Å². The summed E-state index contributed by atoms with van der Waals surface area (Å²) in [5.41, 5.74) is 5.41. The number of imidazole rings is 2. The standard InChI is InChI=1S/C30H26N4/c1-2-9-26-25(8-1)29-19-33-14-12-31(21-33)17-23-6-5-7-24(16-23)18-32-13-15-34(22-32)20-30(26)28-11-4-3-10-27(28)29/h1-16,21-22H,17-20H2/q+2. The van der Waals surface area contributed by atoms with E-state index < -0.39 is 0 Å². The zero-order valence-corrected chi connectivity index (χ0v) is 19.0. The Kier molecular flexibility index (Phi) is 4.37. The lowest BCUT2D eigenvalue weighted by atomic mass is 9.91. The van der Waals surface area contributed by atoms with Crippen LogP contribution in [-0.4, -0.2) is 9.13 Å². The average Bonchev–Trinajstić information content (AvgIpc) is 3.50. The van der Waals surface area contributed by atoms with Crippen molar-refractivity contribution >= 4 is 21.5 Å². The van der Waals surface area contributed by atoms with Crippen molar-refractivity contribution in [3.63, 3.8) is 0 Å². The van der Waals surface area contributed by atoms with Gasteiger partial charge in [0, 0.05) is 11.1 Å². The molecule has 34 heavy (non-hydrogen) atoms. The molecule has 6 aromatic rings. The smallest absolute Gasteiger partial charge is 0.233 e. The third-order valence-electron chi connectivity index (χ3n) is 7.05. The number of hydrogen-bond acceptors (Lipinski definition) is 0. The quantitative estimate of drug-likeness (QED) is 0.240. The Morgan fingerprint density at radius 1 is 0.529 bits per heavy atom. The van der Waals surface area contributed by atoms with Gasteiger partial charge in [-0.1, -0.05) is 66.7 Å². The monoisotopic (exact) mass is 442 g/mol. The predicted octanol–water partition coefficient (Wildman–Crippen LogP) is 4.68. The molecule has 0 unspecified atom stereocenters. The van der Waals surface area contributed by atoms with Crippen LogP contribution in [0.25, 0.3) is 21.5 Å². The third kappa shape index (κ3) is 3.30. The molecule has 4 aromatic carbocycles. The lowest BCUT2D eigenvalue weighted by molar-refractivity contribution is -0.688. The molecule has 0 saturated heterocycles. The van der Waals surface area contributed by atoms with E-state index in [1.165, 1.54) is 43.8 Å². The molecule has 2 aliphatic heterocycles. The second kappa shape index (κ2) is 7.70.